The summed E-state index contributed by atoms with van der Waals surface area (Å²) in [5.74, 6) is 0.427. The Morgan fingerprint density at radius 2 is 2.26 bits per heavy atom. The maximum atomic E-state index is 11.8. The van der Waals surface area contributed by atoms with Gasteiger partial charge in [0.25, 0.3) is 0 Å². The molecular weight excluding hydrogens is 318 g/mol. The Morgan fingerprint density at radius 3 is 2.96 bits per heavy atom. The van der Waals surface area contributed by atoms with Crippen molar-refractivity contribution < 1.29 is 14.3 Å². The lowest BCUT2D eigenvalue weighted by Gasteiger charge is -2.05. The first-order valence-electron chi connectivity index (χ1n) is 7.26. The predicted octanol–water partition coefficient (Wildman–Crippen LogP) is 2.11. The lowest BCUT2D eigenvalue weighted by Crippen LogP contribution is -2.29. The maximum absolute atomic E-state index is 11.8. The summed E-state index contributed by atoms with van der Waals surface area (Å²) in [4.78, 5) is 28.1. The minimum atomic E-state index is -0.365. The number of anilines is 1. The highest BCUT2D eigenvalue weighted by atomic mass is 32.1. The van der Waals surface area contributed by atoms with E-state index in [2.05, 4.69) is 25.8 Å². The van der Waals surface area contributed by atoms with Crippen molar-refractivity contribution in [2.45, 2.75) is 26.7 Å². The molecule has 0 unspecified atom stereocenters. The van der Waals surface area contributed by atoms with Gasteiger partial charge in [0.05, 0.1) is 11.6 Å². The number of H-pyrrole nitrogens is 1. The average molecular weight is 337 g/mol. The third-order valence-electron chi connectivity index (χ3n) is 2.96. The minimum absolute atomic E-state index is 0.306. The van der Waals surface area contributed by atoms with Crippen LogP contribution in [0.1, 0.15) is 34.4 Å². The molecule has 0 fully saturated rings. The van der Waals surface area contributed by atoms with Crippen LogP contribution in [0, 0.1) is 6.92 Å². The standard InChI is InChI=1S/C14H19N5O3S/c1-3-22-13(20)12-9(2)7-11(23-12)18-14(21)15-6-4-5-10-16-8-17-19-10/h7-8H,3-6H2,1-2H3,(H2,15,18,21)(H,16,17,19). The topological polar surface area (TPSA) is 109 Å². The normalized spacial score (nSPS) is 10.3. The lowest BCUT2D eigenvalue weighted by atomic mass is 10.3. The monoisotopic (exact) mass is 337 g/mol. The number of rotatable bonds is 7. The first-order chi connectivity index (χ1) is 11.1. The molecule has 0 atom stereocenters. The van der Waals surface area contributed by atoms with Gasteiger partial charge in [-0.1, -0.05) is 0 Å². The predicted molar refractivity (Wildman–Crippen MR) is 86.7 cm³/mol. The summed E-state index contributed by atoms with van der Waals surface area (Å²) in [5.41, 5.74) is 0.786. The number of carbonyl (C=O) groups excluding carboxylic acids is 2. The van der Waals surface area contributed by atoms with Crippen LogP contribution < -0.4 is 10.6 Å². The van der Waals surface area contributed by atoms with Crippen LogP contribution in [0.25, 0.3) is 0 Å². The Kier molecular flexibility index (Phi) is 6.10. The molecule has 0 saturated carbocycles. The Labute approximate surface area is 137 Å². The molecule has 2 aromatic heterocycles. The highest BCUT2D eigenvalue weighted by Crippen LogP contribution is 2.27. The molecule has 0 aliphatic heterocycles. The van der Waals surface area contributed by atoms with Gasteiger partial charge in [-0.3, -0.25) is 10.4 Å². The number of hydrogen-bond acceptors (Lipinski definition) is 6. The summed E-state index contributed by atoms with van der Waals surface area (Å²) >= 11 is 1.20. The molecule has 9 heteroatoms. The van der Waals surface area contributed by atoms with Crippen molar-refractivity contribution in [1.29, 1.82) is 0 Å². The number of thiophene rings is 1. The molecule has 0 spiro atoms. The molecule has 0 aliphatic carbocycles. The van der Waals surface area contributed by atoms with E-state index in [-0.39, 0.29) is 12.0 Å². The molecule has 8 nitrogen and oxygen atoms in total. The van der Waals surface area contributed by atoms with Crippen LogP contribution >= 0.6 is 11.3 Å². The van der Waals surface area contributed by atoms with Gasteiger partial charge in [0.1, 0.15) is 17.0 Å². The molecule has 0 saturated heterocycles. The number of aryl methyl sites for hydroxylation is 2. The van der Waals surface area contributed by atoms with E-state index in [9.17, 15) is 9.59 Å². The molecule has 0 aromatic carbocycles. The number of hydrogen-bond donors (Lipinski definition) is 3. The molecule has 2 amide bonds. The van der Waals surface area contributed by atoms with Crippen LogP contribution in [0.5, 0.6) is 0 Å². The lowest BCUT2D eigenvalue weighted by molar-refractivity contribution is 0.0531. The molecule has 23 heavy (non-hydrogen) atoms. The summed E-state index contributed by atoms with van der Waals surface area (Å²) in [6, 6.07) is 1.45. The molecular formula is C14H19N5O3S. The fourth-order valence-corrected chi connectivity index (χ4v) is 2.87. The number of aromatic amines is 1. The molecule has 3 N–H and O–H groups in total. The largest absolute Gasteiger partial charge is 0.462 e. The molecule has 0 bridgehead atoms. The maximum Gasteiger partial charge on any atom is 0.348 e. The second-order valence-electron chi connectivity index (χ2n) is 4.76. The van der Waals surface area contributed by atoms with Crippen LogP contribution in [0.15, 0.2) is 12.4 Å². The van der Waals surface area contributed by atoms with Crippen LogP contribution in [0.2, 0.25) is 0 Å². The van der Waals surface area contributed by atoms with Crippen molar-refractivity contribution in [1.82, 2.24) is 20.5 Å². The van der Waals surface area contributed by atoms with E-state index in [1.54, 1.807) is 13.0 Å². The van der Waals surface area contributed by atoms with E-state index < -0.39 is 0 Å². The number of aromatic nitrogens is 3. The molecule has 124 valence electrons. The van der Waals surface area contributed by atoms with Crippen molar-refractivity contribution in [2.75, 3.05) is 18.5 Å². The van der Waals surface area contributed by atoms with Crippen LogP contribution in [-0.2, 0) is 11.2 Å². The van der Waals surface area contributed by atoms with Gasteiger partial charge in [-0.15, -0.1) is 11.3 Å². The van der Waals surface area contributed by atoms with Crippen molar-refractivity contribution in [3.63, 3.8) is 0 Å². The summed E-state index contributed by atoms with van der Waals surface area (Å²) < 4.78 is 4.97. The Hall–Kier alpha value is -2.42. The Morgan fingerprint density at radius 1 is 1.43 bits per heavy atom. The fourth-order valence-electron chi connectivity index (χ4n) is 1.91. The van der Waals surface area contributed by atoms with Gasteiger partial charge >= 0.3 is 12.0 Å². The number of nitrogens with zero attached hydrogens (tertiary/aromatic N) is 2. The zero-order chi connectivity index (χ0) is 16.7. The second-order valence-corrected chi connectivity index (χ2v) is 5.81. The van der Waals surface area contributed by atoms with Crippen molar-refractivity contribution in [3.8, 4) is 0 Å². The van der Waals surface area contributed by atoms with E-state index >= 15 is 0 Å². The van der Waals surface area contributed by atoms with Gasteiger partial charge in [0.15, 0.2) is 0 Å². The molecule has 2 aromatic rings. The molecule has 2 rings (SSSR count). The Bertz CT molecular complexity index is 653. The molecule has 0 aliphatic rings. The summed E-state index contributed by atoms with van der Waals surface area (Å²) in [6.07, 6.45) is 2.92. The van der Waals surface area contributed by atoms with Gasteiger partial charge in [0.2, 0.25) is 0 Å². The third-order valence-corrected chi connectivity index (χ3v) is 4.09. The zero-order valence-corrected chi connectivity index (χ0v) is 13.8. The van der Waals surface area contributed by atoms with Crippen LogP contribution in [0.4, 0.5) is 9.80 Å². The number of amides is 2. The second kappa shape index (κ2) is 8.28. The highest BCUT2D eigenvalue weighted by molar-refractivity contribution is 7.18. The van der Waals surface area contributed by atoms with E-state index in [0.29, 0.717) is 29.5 Å². The number of urea groups is 1. The number of nitrogens with one attached hydrogen (secondary N) is 3. The van der Waals surface area contributed by atoms with E-state index in [1.807, 2.05) is 6.92 Å². The number of esters is 1. The summed E-state index contributed by atoms with van der Waals surface area (Å²) in [5, 5.41) is 12.6. The third kappa shape index (κ3) is 5.06. The SMILES string of the molecule is CCOC(=O)c1sc(NC(=O)NCCCc2ncn[nH]2)cc1C. The van der Waals surface area contributed by atoms with Gasteiger partial charge in [-0.05, 0) is 31.9 Å². The quantitative estimate of drug-likeness (QED) is 0.529. The van der Waals surface area contributed by atoms with Gasteiger partial charge < -0.3 is 10.1 Å². The first kappa shape index (κ1) is 16.9. The first-order valence-corrected chi connectivity index (χ1v) is 8.08. The summed E-state index contributed by atoms with van der Waals surface area (Å²) in [6.45, 7) is 4.40. The van der Waals surface area contributed by atoms with Crippen molar-refractivity contribution >= 4 is 28.3 Å². The van der Waals surface area contributed by atoms with Gasteiger partial charge in [0, 0.05) is 13.0 Å². The zero-order valence-electron chi connectivity index (χ0n) is 13.0. The number of ether oxygens (including phenoxy) is 1. The van der Waals surface area contributed by atoms with Crippen LogP contribution in [0.3, 0.4) is 0 Å². The fraction of sp³-hybridized carbons (Fsp3) is 0.429. The van der Waals surface area contributed by atoms with E-state index in [0.717, 1.165) is 17.8 Å². The highest BCUT2D eigenvalue weighted by Gasteiger charge is 2.15. The van der Waals surface area contributed by atoms with Gasteiger partial charge in [-0.2, -0.15) is 5.10 Å². The van der Waals surface area contributed by atoms with E-state index in [4.69, 9.17) is 4.74 Å². The van der Waals surface area contributed by atoms with Crippen molar-refractivity contribution in [2.24, 2.45) is 0 Å². The van der Waals surface area contributed by atoms with Crippen LogP contribution in [-0.4, -0.2) is 40.3 Å². The van der Waals surface area contributed by atoms with Gasteiger partial charge in [-0.25, -0.2) is 14.6 Å². The average Bonchev–Trinajstić information content (AvgIpc) is 3.13. The number of carbonyl (C=O) groups is 2. The van der Waals surface area contributed by atoms with E-state index in [1.165, 1.54) is 17.7 Å². The molecule has 2 heterocycles. The summed E-state index contributed by atoms with van der Waals surface area (Å²) in [7, 11) is 0. The van der Waals surface area contributed by atoms with Crippen molar-refractivity contribution in [3.05, 3.63) is 28.7 Å². The minimum Gasteiger partial charge on any atom is -0.462 e. The molecule has 0 radical (unpaired) electrons. The smallest absolute Gasteiger partial charge is 0.348 e. The Balaban J connectivity index is 1.76.